The molecular weight excluding hydrogens is 436 g/mol. The van der Waals surface area contributed by atoms with Crippen molar-refractivity contribution in [1.82, 2.24) is 14.9 Å². The number of Topliss-reactive ketones (excluding diaryl/α,β-unsaturated/α-hetero) is 1. The highest BCUT2D eigenvalue weighted by Gasteiger charge is 2.31. The van der Waals surface area contributed by atoms with Gasteiger partial charge in [-0.3, -0.25) is 4.79 Å². The minimum absolute atomic E-state index is 0.169. The van der Waals surface area contributed by atoms with Crippen LogP contribution < -0.4 is 15.1 Å². The second-order valence-electron chi connectivity index (χ2n) is 10.8. The van der Waals surface area contributed by atoms with Crippen molar-refractivity contribution in [2.75, 3.05) is 43.0 Å². The molecule has 5 rings (SSSR count). The van der Waals surface area contributed by atoms with Gasteiger partial charge in [0.15, 0.2) is 5.78 Å². The number of fused-ring (bicyclic) bond motifs is 1. The Morgan fingerprint density at radius 1 is 1.03 bits per heavy atom. The molecule has 7 nitrogen and oxygen atoms in total. The lowest BCUT2D eigenvalue weighted by Gasteiger charge is -2.37. The van der Waals surface area contributed by atoms with Crippen LogP contribution in [0.15, 0.2) is 42.6 Å². The van der Waals surface area contributed by atoms with Crippen molar-refractivity contribution < 1.29 is 4.79 Å². The third kappa shape index (κ3) is 4.39. The number of carbonyl (C=O) groups is 1. The number of nitrogens with zero attached hydrogens (tertiary/aromatic N) is 5. The maximum Gasteiger partial charge on any atom is 0.168 e. The summed E-state index contributed by atoms with van der Waals surface area (Å²) in [7, 11) is 2.01. The number of hydrogen-bond donors (Lipinski definition) is 1. The van der Waals surface area contributed by atoms with Gasteiger partial charge in [0.1, 0.15) is 17.5 Å². The van der Waals surface area contributed by atoms with E-state index in [1.165, 1.54) is 0 Å². The highest BCUT2D eigenvalue weighted by Crippen LogP contribution is 2.36. The largest absolute Gasteiger partial charge is 0.368 e. The van der Waals surface area contributed by atoms with Crippen LogP contribution in [-0.2, 0) is 0 Å². The fraction of sp³-hybridized carbons (Fsp3) is 0.464. The molecule has 0 atom stereocenters. The van der Waals surface area contributed by atoms with E-state index >= 15 is 0 Å². The SMILES string of the molecule is CNC1CC(n2cc(C#N)c3ccc(N4CCN(c5ccc(C(=O)C(C)(C)C)cc5)CC4)nc32)C1. The molecule has 0 spiro atoms. The minimum Gasteiger partial charge on any atom is -0.368 e. The number of nitrogens with one attached hydrogen (secondary N) is 1. The molecule has 35 heavy (non-hydrogen) atoms. The number of pyridine rings is 1. The first-order valence-electron chi connectivity index (χ1n) is 12.5. The van der Waals surface area contributed by atoms with Crippen molar-refractivity contribution >= 4 is 28.3 Å². The van der Waals surface area contributed by atoms with Crippen molar-refractivity contribution in [1.29, 1.82) is 5.26 Å². The molecule has 182 valence electrons. The van der Waals surface area contributed by atoms with Gasteiger partial charge in [-0.1, -0.05) is 20.8 Å². The summed E-state index contributed by atoms with van der Waals surface area (Å²) in [6.45, 7) is 9.40. The van der Waals surface area contributed by atoms with E-state index in [9.17, 15) is 10.1 Å². The topological polar surface area (TPSA) is 77.2 Å². The molecule has 1 saturated heterocycles. The van der Waals surface area contributed by atoms with E-state index in [2.05, 4.69) is 44.0 Å². The van der Waals surface area contributed by atoms with Gasteiger partial charge in [0, 0.05) is 66.5 Å². The molecule has 2 aliphatic rings. The summed E-state index contributed by atoms with van der Waals surface area (Å²) >= 11 is 0. The molecule has 1 aliphatic heterocycles. The molecule has 1 aromatic carbocycles. The molecule has 1 saturated carbocycles. The molecule has 7 heteroatoms. The van der Waals surface area contributed by atoms with E-state index in [4.69, 9.17) is 4.98 Å². The molecule has 1 aliphatic carbocycles. The Morgan fingerprint density at radius 3 is 2.29 bits per heavy atom. The maximum atomic E-state index is 12.5. The average Bonchev–Trinajstić information content (AvgIpc) is 3.20. The van der Waals surface area contributed by atoms with Gasteiger partial charge >= 0.3 is 0 Å². The number of nitriles is 1. The Bertz CT molecular complexity index is 1270. The van der Waals surface area contributed by atoms with Crippen molar-refractivity contribution in [2.24, 2.45) is 5.41 Å². The predicted octanol–water partition coefficient (Wildman–Crippen LogP) is 4.39. The monoisotopic (exact) mass is 470 g/mol. The first kappa shape index (κ1) is 23.4. The highest BCUT2D eigenvalue weighted by molar-refractivity contribution is 6.00. The number of piperazine rings is 1. The van der Waals surface area contributed by atoms with Crippen LogP contribution in [-0.4, -0.2) is 54.6 Å². The van der Waals surface area contributed by atoms with Crippen LogP contribution in [0.2, 0.25) is 0 Å². The molecule has 0 amide bonds. The number of rotatable bonds is 5. The normalized spacial score (nSPS) is 20.5. The number of benzene rings is 1. The van der Waals surface area contributed by atoms with E-state index in [0.717, 1.165) is 67.1 Å². The van der Waals surface area contributed by atoms with Crippen LogP contribution in [0, 0.1) is 16.7 Å². The zero-order valence-electron chi connectivity index (χ0n) is 21.1. The van der Waals surface area contributed by atoms with E-state index in [1.54, 1.807) is 0 Å². The van der Waals surface area contributed by atoms with E-state index < -0.39 is 0 Å². The van der Waals surface area contributed by atoms with Crippen LogP contribution in [0.1, 0.15) is 55.6 Å². The van der Waals surface area contributed by atoms with Crippen LogP contribution in [0.4, 0.5) is 11.5 Å². The number of carbonyl (C=O) groups excluding carboxylic acids is 1. The Hall–Kier alpha value is -3.37. The smallest absolute Gasteiger partial charge is 0.168 e. The second-order valence-corrected chi connectivity index (χ2v) is 10.8. The Balaban J connectivity index is 1.29. The summed E-state index contributed by atoms with van der Waals surface area (Å²) in [5.74, 6) is 1.14. The summed E-state index contributed by atoms with van der Waals surface area (Å²) in [6, 6.07) is 15.4. The second kappa shape index (κ2) is 9.01. The van der Waals surface area contributed by atoms with Gasteiger partial charge in [-0.05, 0) is 56.3 Å². The molecular formula is C28H34N6O. The van der Waals surface area contributed by atoms with Crippen LogP contribution in [0.3, 0.4) is 0 Å². The molecule has 0 unspecified atom stereocenters. The lowest BCUT2D eigenvalue weighted by Crippen LogP contribution is -2.46. The molecule has 3 heterocycles. The Kier molecular flexibility index (Phi) is 6.02. The summed E-state index contributed by atoms with van der Waals surface area (Å²) in [5.41, 5.74) is 3.16. The fourth-order valence-corrected chi connectivity index (χ4v) is 5.16. The Labute approximate surface area is 207 Å². The zero-order valence-corrected chi connectivity index (χ0v) is 21.1. The summed E-state index contributed by atoms with van der Waals surface area (Å²) in [4.78, 5) is 22.3. The molecule has 2 aromatic heterocycles. The molecule has 1 N–H and O–H groups in total. The summed E-state index contributed by atoms with van der Waals surface area (Å²) in [6.07, 6.45) is 4.11. The summed E-state index contributed by atoms with van der Waals surface area (Å²) in [5, 5.41) is 13.9. The number of aromatic nitrogens is 2. The number of anilines is 2. The third-order valence-electron chi connectivity index (χ3n) is 7.48. The third-order valence-corrected chi connectivity index (χ3v) is 7.48. The lowest BCUT2D eigenvalue weighted by atomic mass is 9.86. The van der Waals surface area contributed by atoms with Gasteiger partial charge in [0.05, 0.1) is 5.56 Å². The van der Waals surface area contributed by atoms with Crippen molar-refractivity contribution in [3.63, 3.8) is 0 Å². The predicted molar refractivity (Wildman–Crippen MR) is 140 cm³/mol. The van der Waals surface area contributed by atoms with Gasteiger partial charge in [0.2, 0.25) is 0 Å². The molecule has 0 bridgehead atoms. The first-order chi connectivity index (χ1) is 16.8. The van der Waals surface area contributed by atoms with Crippen molar-refractivity contribution in [3.05, 3.63) is 53.7 Å². The standard InChI is InChI=1S/C28H34N6O/c1-28(2,3)26(35)19-5-7-22(8-6-19)32-11-13-33(14-12-32)25-10-9-24-20(17-29)18-34(27(24)31-25)23-15-21(16-23)30-4/h5-10,18,21,23,30H,11-16H2,1-4H3. The van der Waals surface area contributed by atoms with Gasteiger partial charge < -0.3 is 19.7 Å². The van der Waals surface area contributed by atoms with Crippen molar-refractivity contribution in [3.8, 4) is 6.07 Å². The van der Waals surface area contributed by atoms with Crippen LogP contribution in [0.25, 0.3) is 11.0 Å². The van der Waals surface area contributed by atoms with E-state index in [-0.39, 0.29) is 11.2 Å². The van der Waals surface area contributed by atoms with E-state index in [1.807, 2.05) is 52.2 Å². The van der Waals surface area contributed by atoms with E-state index in [0.29, 0.717) is 17.6 Å². The molecule has 2 fully saturated rings. The van der Waals surface area contributed by atoms with Crippen LogP contribution >= 0.6 is 0 Å². The van der Waals surface area contributed by atoms with Crippen LogP contribution in [0.5, 0.6) is 0 Å². The number of hydrogen-bond acceptors (Lipinski definition) is 6. The van der Waals surface area contributed by atoms with Gasteiger partial charge in [0.25, 0.3) is 0 Å². The van der Waals surface area contributed by atoms with Crippen molar-refractivity contribution in [2.45, 2.75) is 45.7 Å². The molecule has 3 aromatic rings. The highest BCUT2D eigenvalue weighted by atomic mass is 16.1. The fourth-order valence-electron chi connectivity index (χ4n) is 5.16. The van der Waals surface area contributed by atoms with Gasteiger partial charge in [-0.2, -0.15) is 5.26 Å². The number of ketones is 1. The lowest BCUT2D eigenvalue weighted by molar-refractivity contribution is 0.0858. The average molecular weight is 471 g/mol. The zero-order chi connectivity index (χ0) is 24.7. The summed E-state index contributed by atoms with van der Waals surface area (Å²) < 4.78 is 2.21. The maximum absolute atomic E-state index is 12.5. The van der Waals surface area contributed by atoms with Gasteiger partial charge in [-0.25, -0.2) is 4.98 Å². The minimum atomic E-state index is -0.373. The first-order valence-corrected chi connectivity index (χ1v) is 12.5. The quantitative estimate of drug-likeness (QED) is 0.558. The van der Waals surface area contributed by atoms with Gasteiger partial charge in [-0.15, -0.1) is 0 Å². The Morgan fingerprint density at radius 2 is 1.69 bits per heavy atom. The molecule has 0 radical (unpaired) electrons.